The fourth-order valence-electron chi connectivity index (χ4n) is 3.31. The Morgan fingerprint density at radius 2 is 1.86 bits per heavy atom. The first-order valence-corrected chi connectivity index (χ1v) is 9.06. The number of fused-ring (bicyclic) bond motifs is 2. The van der Waals surface area contributed by atoms with Crippen LogP contribution in [0.25, 0.3) is 10.8 Å². The van der Waals surface area contributed by atoms with E-state index in [1.54, 1.807) is 0 Å². The van der Waals surface area contributed by atoms with Gasteiger partial charge in [-0.1, -0.05) is 36.4 Å². The average molecular weight is 318 g/mol. The SMILES string of the molecule is O=S1(=O)C[C@@H]2[C@@H](C1)NC(=S)N2c1cccc2ccccc12. The molecule has 2 saturated heterocycles. The zero-order valence-corrected chi connectivity index (χ0v) is 12.8. The number of sulfone groups is 1. The highest BCUT2D eigenvalue weighted by Crippen LogP contribution is 2.34. The normalized spacial score (nSPS) is 26.9. The van der Waals surface area contributed by atoms with Crippen molar-refractivity contribution in [2.24, 2.45) is 0 Å². The average Bonchev–Trinajstić information content (AvgIpc) is 2.88. The Bertz CT molecular complexity index is 842. The minimum absolute atomic E-state index is 0.0959. The number of rotatable bonds is 1. The fourth-order valence-corrected chi connectivity index (χ4v) is 5.58. The molecular weight excluding hydrogens is 304 g/mol. The Morgan fingerprint density at radius 1 is 1.10 bits per heavy atom. The lowest BCUT2D eigenvalue weighted by Gasteiger charge is -2.24. The van der Waals surface area contributed by atoms with Crippen LogP contribution in [0.4, 0.5) is 5.69 Å². The van der Waals surface area contributed by atoms with E-state index in [9.17, 15) is 8.42 Å². The van der Waals surface area contributed by atoms with E-state index in [0.717, 1.165) is 16.5 Å². The molecule has 0 spiro atoms. The molecule has 2 aliphatic rings. The molecule has 0 unspecified atom stereocenters. The van der Waals surface area contributed by atoms with E-state index in [4.69, 9.17) is 12.2 Å². The van der Waals surface area contributed by atoms with Crippen LogP contribution in [-0.4, -0.2) is 37.1 Å². The lowest BCUT2D eigenvalue weighted by atomic mass is 10.1. The molecule has 0 bridgehead atoms. The van der Waals surface area contributed by atoms with Crippen molar-refractivity contribution in [2.45, 2.75) is 12.1 Å². The summed E-state index contributed by atoms with van der Waals surface area (Å²) in [5.41, 5.74) is 0.982. The van der Waals surface area contributed by atoms with Crippen LogP contribution >= 0.6 is 12.2 Å². The van der Waals surface area contributed by atoms with Crippen molar-refractivity contribution in [1.29, 1.82) is 0 Å². The molecule has 0 saturated carbocycles. The lowest BCUT2D eigenvalue weighted by Crippen LogP contribution is -2.36. The Kier molecular flexibility index (Phi) is 2.74. The summed E-state index contributed by atoms with van der Waals surface area (Å²) in [6, 6.07) is 13.9. The van der Waals surface area contributed by atoms with Crippen molar-refractivity contribution in [3.8, 4) is 0 Å². The van der Waals surface area contributed by atoms with Gasteiger partial charge in [0.25, 0.3) is 0 Å². The molecule has 0 radical (unpaired) electrons. The first kappa shape index (κ1) is 13.0. The molecule has 4 rings (SSSR count). The van der Waals surface area contributed by atoms with Gasteiger partial charge in [0.2, 0.25) is 0 Å². The van der Waals surface area contributed by atoms with Crippen LogP contribution in [0.1, 0.15) is 0 Å². The van der Waals surface area contributed by atoms with Crippen molar-refractivity contribution in [3.05, 3.63) is 42.5 Å². The summed E-state index contributed by atoms with van der Waals surface area (Å²) in [7, 11) is -2.99. The summed E-state index contributed by atoms with van der Waals surface area (Å²) in [6.45, 7) is 0. The summed E-state index contributed by atoms with van der Waals surface area (Å²) >= 11 is 5.43. The van der Waals surface area contributed by atoms with Gasteiger partial charge >= 0.3 is 0 Å². The fraction of sp³-hybridized carbons (Fsp3) is 0.267. The molecule has 0 amide bonds. The molecule has 2 atom stereocenters. The smallest absolute Gasteiger partial charge is 0.174 e. The van der Waals surface area contributed by atoms with E-state index < -0.39 is 9.84 Å². The summed E-state index contributed by atoms with van der Waals surface area (Å²) in [6.07, 6.45) is 0. The van der Waals surface area contributed by atoms with Crippen molar-refractivity contribution >= 4 is 43.6 Å². The van der Waals surface area contributed by atoms with E-state index in [1.807, 2.05) is 47.4 Å². The Balaban J connectivity index is 1.86. The zero-order valence-electron chi connectivity index (χ0n) is 11.2. The van der Waals surface area contributed by atoms with Crippen molar-refractivity contribution in [3.63, 3.8) is 0 Å². The van der Waals surface area contributed by atoms with E-state index >= 15 is 0 Å². The van der Waals surface area contributed by atoms with Gasteiger partial charge in [0.05, 0.1) is 29.3 Å². The third-order valence-corrected chi connectivity index (χ3v) is 6.24. The van der Waals surface area contributed by atoms with Gasteiger partial charge in [-0.3, -0.25) is 0 Å². The van der Waals surface area contributed by atoms with Crippen LogP contribution in [-0.2, 0) is 9.84 Å². The number of thiocarbonyl (C=S) groups is 1. The monoisotopic (exact) mass is 318 g/mol. The Labute approximate surface area is 128 Å². The molecule has 21 heavy (non-hydrogen) atoms. The highest BCUT2D eigenvalue weighted by Gasteiger charge is 2.47. The van der Waals surface area contributed by atoms with Crippen molar-refractivity contribution < 1.29 is 8.42 Å². The molecule has 0 aliphatic carbocycles. The maximum absolute atomic E-state index is 11.9. The molecule has 6 heteroatoms. The van der Waals surface area contributed by atoms with Crippen LogP contribution in [0.3, 0.4) is 0 Å². The van der Waals surface area contributed by atoms with Crippen molar-refractivity contribution in [1.82, 2.24) is 5.32 Å². The molecule has 4 nitrogen and oxygen atoms in total. The zero-order chi connectivity index (χ0) is 14.6. The summed E-state index contributed by atoms with van der Waals surface area (Å²) in [5.74, 6) is 0.326. The molecule has 2 aromatic carbocycles. The first-order valence-electron chi connectivity index (χ1n) is 6.83. The van der Waals surface area contributed by atoms with Crippen LogP contribution in [0.2, 0.25) is 0 Å². The second-order valence-electron chi connectivity index (χ2n) is 5.57. The molecular formula is C15H14N2O2S2. The molecule has 0 aromatic heterocycles. The van der Waals surface area contributed by atoms with Gasteiger partial charge in [-0.2, -0.15) is 0 Å². The number of nitrogens with one attached hydrogen (secondary N) is 1. The largest absolute Gasteiger partial charge is 0.356 e. The second-order valence-corrected chi connectivity index (χ2v) is 8.11. The van der Waals surface area contributed by atoms with Crippen LogP contribution in [0, 0.1) is 0 Å². The van der Waals surface area contributed by atoms with Gasteiger partial charge in [0.15, 0.2) is 14.9 Å². The minimum Gasteiger partial charge on any atom is -0.356 e. The number of anilines is 1. The summed E-state index contributed by atoms with van der Waals surface area (Å²) in [5, 5.41) is 6.00. The first-order chi connectivity index (χ1) is 10.1. The third-order valence-electron chi connectivity index (χ3n) is 4.21. The highest BCUT2D eigenvalue weighted by molar-refractivity contribution is 7.91. The van der Waals surface area contributed by atoms with E-state index in [-0.39, 0.29) is 23.6 Å². The quantitative estimate of drug-likeness (QED) is 0.811. The Hall–Kier alpha value is -1.66. The number of benzene rings is 2. The lowest BCUT2D eigenvalue weighted by molar-refractivity contribution is 0.600. The molecule has 2 heterocycles. The molecule has 2 aliphatic heterocycles. The maximum atomic E-state index is 11.9. The number of hydrogen-bond acceptors (Lipinski definition) is 3. The topological polar surface area (TPSA) is 49.4 Å². The maximum Gasteiger partial charge on any atom is 0.174 e. The van der Waals surface area contributed by atoms with Gasteiger partial charge in [-0.15, -0.1) is 0 Å². The minimum atomic E-state index is -2.99. The van der Waals surface area contributed by atoms with Crippen LogP contribution < -0.4 is 10.2 Å². The number of hydrogen-bond donors (Lipinski definition) is 1. The predicted molar refractivity (Wildman–Crippen MR) is 88.4 cm³/mol. The Morgan fingerprint density at radius 3 is 2.71 bits per heavy atom. The number of nitrogens with zero attached hydrogens (tertiary/aromatic N) is 1. The molecule has 108 valence electrons. The molecule has 2 fully saturated rings. The van der Waals surface area contributed by atoms with E-state index in [1.165, 1.54) is 0 Å². The molecule has 2 aromatic rings. The standard InChI is InChI=1S/C15H14N2O2S2/c18-21(19)8-12-14(9-21)17(15(20)16-12)13-7-3-5-10-4-1-2-6-11(10)13/h1-7,12,14H,8-9H2,(H,16,20)/t12-,14-/m1/s1. The van der Waals surface area contributed by atoms with Gasteiger partial charge in [-0.25, -0.2) is 8.42 Å². The van der Waals surface area contributed by atoms with Crippen molar-refractivity contribution in [2.75, 3.05) is 16.4 Å². The third kappa shape index (κ3) is 2.01. The van der Waals surface area contributed by atoms with Crippen LogP contribution in [0.5, 0.6) is 0 Å². The summed E-state index contributed by atoms with van der Waals surface area (Å²) < 4.78 is 23.8. The second kappa shape index (κ2) is 4.42. The van der Waals surface area contributed by atoms with Gasteiger partial charge in [0.1, 0.15) is 0 Å². The van der Waals surface area contributed by atoms with E-state index in [2.05, 4.69) is 5.32 Å². The predicted octanol–water partition coefficient (Wildman–Crippen LogP) is 1.70. The molecule has 1 N–H and O–H groups in total. The highest BCUT2D eigenvalue weighted by atomic mass is 32.2. The summed E-state index contributed by atoms with van der Waals surface area (Å²) in [4.78, 5) is 1.98. The van der Waals surface area contributed by atoms with Gasteiger partial charge < -0.3 is 10.2 Å². The van der Waals surface area contributed by atoms with E-state index in [0.29, 0.717) is 5.11 Å². The van der Waals surface area contributed by atoms with Gasteiger partial charge in [-0.05, 0) is 23.7 Å². The van der Waals surface area contributed by atoms with Crippen LogP contribution in [0.15, 0.2) is 42.5 Å². The van der Waals surface area contributed by atoms with Gasteiger partial charge in [0, 0.05) is 5.39 Å².